The highest BCUT2D eigenvalue weighted by Crippen LogP contribution is 2.26. The minimum Gasteiger partial charge on any atom is -0.320 e. The molecule has 1 aromatic rings. The molecule has 1 aliphatic rings. The van der Waals surface area contributed by atoms with E-state index in [1.165, 1.54) is 0 Å². The molecule has 0 aliphatic carbocycles. The third kappa shape index (κ3) is 3.31. The molecule has 1 amide bonds. The number of carbonyl (C=O) groups excluding carboxylic acids is 1. The maximum atomic E-state index is 12.1. The van der Waals surface area contributed by atoms with Gasteiger partial charge in [-0.3, -0.25) is 4.79 Å². The van der Waals surface area contributed by atoms with Crippen LogP contribution in [0, 0.1) is 0 Å². The molecule has 19 heavy (non-hydrogen) atoms. The Morgan fingerprint density at radius 3 is 2.79 bits per heavy atom. The molecule has 3 N–H and O–H groups in total. The largest absolute Gasteiger partial charge is 0.320 e. The topological polar surface area (TPSA) is 92.5 Å². The molecule has 0 spiro atoms. The van der Waals surface area contributed by atoms with Crippen molar-refractivity contribution in [3.63, 3.8) is 0 Å². The van der Waals surface area contributed by atoms with Gasteiger partial charge >= 0.3 is 0 Å². The molecule has 6 nitrogen and oxygen atoms in total. The summed E-state index contributed by atoms with van der Waals surface area (Å²) in [6.45, 7) is 0.447. The molecule has 0 saturated carbocycles. The summed E-state index contributed by atoms with van der Waals surface area (Å²) in [6.07, 6.45) is 1.61. The van der Waals surface area contributed by atoms with Crippen molar-refractivity contribution in [2.45, 2.75) is 12.5 Å². The highest BCUT2D eigenvalue weighted by molar-refractivity contribution is 7.88. The number of rotatable bonds is 4. The SMILES string of the molecule is CS(=O)(=O)NCCN1C(=O)C(N)Cc2ccccc21. The van der Waals surface area contributed by atoms with Gasteiger partial charge in [-0.1, -0.05) is 18.2 Å². The molecule has 0 radical (unpaired) electrons. The number of nitrogens with one attached hydrogen (secondary N) is 1. The molecule has 104 valence electrons. The molecule has 7 heteroatoms. The van der Waals surface area contributed by atoms with Crippen LogP contribution >= 0.6 is 0 Å². The van der Waals surface area contributed by atoms with Crippen molar-refractivity contribution in [3.05, 3.63) is 29.8 Å². The molecule has 0 saturated heterocycles. The van der Waals surface area contributed by atoms with E-state index in [4.69, 9.17) is 5.73 Å². The lowest BCUT2D eigenvalue weighted by Crippen LogP contribution is -2.50. The van der Waals surface area contributed by atoms with Crippen molar-refractivity contribution in [1.82, 2.24) is 4.72 Å². The van der Waals surface area contributed by atoms with Crippen LogP contribution in [-0.2, 0) is 21.2 Å². The van der Waals surface area contributed by atoms with Gasteiger partial charge in [-0.05, 0) is 18.1 Å². The molecular weight excluding hydrogens is 266 g/mol. The minimum atomic E-state index is -3.25. The maximum absolute atomic E-state index is 12.1. The minimum absolute atomic E-state index is 0.172. The first-order chi connectivity index (χ1) is 8.88. The van der Waals surface area contributed by atoms with E-state index in [1.54, 1.807) is 4.90 Å². The van der Waals surface area contributed by atoms with Crippen LogP contribution in [0.1, 0.15) is 5.56 Å². The van der Waals surface area contributed by atoms with Gasteiger partial charge in [-0.2, -0.15) is 0 Å². The Bertz CT molecular complexity index is 586. The van der Waals surface area contributed by atoms with Crippen LogP contribution in [0.5, 0.6) is 0 Å². The Morgan fingerprint density at radius 1 is 1.42 bits per heavy atom. The van der Waals surface area contributed by atoms with Gasteiger partial charge in [0.15, 0.2) is 0 Å². The van der Waals surface area contributed by atoms with Gasteiger partial charge in [0, 0.05) is 18.8 Å². The van der Waals surface area contributed by atoms with E-state index in [2.05, 4.69) is 4.72 Å². The summed E-state index contributed by atoms with van der Waals surface area (Å²) in [4.78, 5) is 13.6. The summed E-state index contributed by atoms with van der Waals surface area (Å²) in [5, 5.41) is 0. The van der Waals surface area contributed by atoms with Gasteiger partial charge in [-0.25, -0.2) is 13.1 Å². The van der Waals surface area contributed by atoms with E-state index in [0.29, 0.717) is 6.42 Å². The van der Waals surface area contributed by atoms with Crippen molar-refractivity contribution in [2.24, 2.45) is 5.73 Å². The van der Waals surface area contributed by atoms with E-state index in [-0.39, 0.29) is 19.0 Å². The Balaban J connectivity index is 2.16. The number of fused-ring (bicyclic) bond motifs is 1. The molecule has 0 bridgehead atoms. The summed E-state index contributed by atoms with van der Waals surface area (Å²) in [7, 11) is -3.25. The van der Waals surface area contributed by atoms with E-state index >= 15 is 0 Å². The fraction of sp³-hybridized carbons (Fsp3) is 0.417. The second-order valence-corrected chi connectivity index (χ2v) is 6.43. The van der Waals surface area contributed by atoms with Crippen molar-refractivity contribution in [1.29, 1.82) is 0 Å². The zero-order valence-electron chi connectivity index (χ0n) is 10.7. The number of nitrogens with two attached hydrogens (primary N) is 1. The van der Waals surface area contributed by atoms with Gasteiger partial charge in [0.1, 0.15) is 0 Å². The number of hydrogen-bond acceptors (Lipinski definition) is 4. The second kappa shape index (κ2) is 5.28. The Kier molecular flexibility index (Phi) is 3.88. The molecule has 0 aromatic heterocycles. The summed E-state index contributed by atoms with van der Waals surface area (Å²) in [5.41, 5.74) is 7.63. The van der Waals surface area contributed by atoms with Gasteiger partial charge in [0.25, 0.3) is 0 Å². The zero-order valence-corrected chi connectivity index (χ0v) is 11.5. The highest BCUT2D eigenvalue weighted by Gasteiger charge is 2.29. The number of nitrogens with zero attached hydrogens (tertiary/aromatic N) is 1. The van der Waals surface area contributed by atoms with Crippen LogP contribution in [0.4, 0.5) is 5.69 Å². The van der Waals surface area contributed by atoms with Crippen molar-refractivity contribution in [2.75, 3.05) is 24.2 Å². The predicted octanol–water partition coefficient (Wildman–Crippen LogP) is -0.548. The number of amides is 1. The molecule has 2 rings (SSSR count). The van der Waals surface area contributed by atoms with Crippen molar-refractivity contribution < 1.29 is 13.2 Å². The summed E-state index contributed by atoms with van der Waals surface area (Å²) in [5.74, 6) is -0.172. The van der Waals surface area contributed by atoms with E-state index < -0.39 is 16.1 Å². The number of para-hydroxylation sites is 1. The first-order valence-electron chi connectivity index (χ1n) is 5.98. The van der Waals surface area contributed by atoms with E-state index in [0.717, 1.165) is 17.5 Å². The highest BCUT2D eigenvalue weighted by atomic mass is 32.2. The van der Waals surface area contributed by atoms with Crippen LogP contribution in [0.25, 0.3) is 0 Å². The van der Waals surface area contributed by atoms with E-state index in [9.17, 15) is 13.2 Å². The van der Waals surface area contributed by atoms with Crippen molar-refractivity contribution >= 4 is 21.6 Å². The number of sulfonamides is 1. The molecule has 1 unspecified atom stereocenters. The average Bonchev–Trinajstić information content (AvgIpc) is 2.32. The van der Waals surface area contributed by atoms with Gasteiger partial charge in [0.2, 0.25) is 15.9 Å². The maximum Gasteiger partial charge on any atom is 0.244 e. The molecule has 1 aliphatic heterocycles. The number of carbonyl (C=O) groups is 1. The van der Waals surface area contributed by atoms with Gasteiger partial charge < -0.3 is 10.6 Å². The first-order valence-corrected chi connectivity index (χ1v) is 7.87. The Labute approximate surface area is 112 Å². The lowest BCUT2D eigenvalue weighted by atomic mass is 9.98. The summed E-state index contributed by atoms with van der Waals surface area (Å²) >= 11 is 0. The third-order valence-electron chi connectivity index (χ3n) is 3.01. The molecular formula is C12H17N3O3S. The van der Waals surface area contributed by atoms with Crippen LogP contribution in [0.15, 0.2) is 24.3 Å². The Morgan fingerprint density at radius 2 is 2.11 bits per heavy atom. The predicted molar refractivity (Wildman–Crippen MR) is 73.3 cm³/mol. The normalized spacial score (nSPS) is 19.4. The second-order valence-electron chi connectivity index (χ2n) is 4.60. The fourth-order valence-electron chi connectivity index (χ4n) is 2.16. The number of hydrogen-bond donors (Lipinski definition) is 2. The number of anilines is 1. The lowest BCUT2D eigenvalue weighted by molar-refractivity contribution is -0.120. The third-order valence-corrected chi connectivity index (χ3v) is 3.73. The Hall–Kier alpha value is -1.44. The zero-order chi connectivity index (χ0) is 14.0. The lowest BCUT2D eigenvalue weighted by Gasteiger charge is -2.32. The van der Waals surface area contributed by atoms with Crippen molar-refractivity contribution in [3.8, 4) is 0 Å². The smallest absolute Gasteiger partial charge is 0.244 e. The number of benzene rings is 1. The van der Waals surface area contributed by atoms with Crippen LogP contribution in [0.2, 0.25) is 0 Å². The van der Waals surface area contributed by atoms with Crippen LogP contribution < -0.4 is 15.4 Å². The van der Waals surface area contributed by atoms with Gasteiger partial charge in [-0.15, -0.1) is 0 Å². The molecule has 0 fully saturated rings. The summed E-state index contributed by atoms with van der Waals surface area (Å²) < 4.78 is 24.4. The van der Waals surface area contributed by atoms with Gasteiger partial charge in [0.05, 0.1) is 12.3 Å². The van der Waals surface area contributed by atoms with Crippen LogP contribution in [0.3, 0.4) is 0 Å². The fourth-order valence-corrected chi connectivity index (χ4v) is 2.63. The van der Waals surface area contributed by atoms with Crippen LogP contribution in [-0.4, -0.2) is 39.7 Å². The standard InChI is InChI=1S/C12H17N3O3S/c1-19(17,18)14-6-7-15-11-5-3-2-4-9(11)8-10(13)12(15)16/h2-5,10,14H,6-8,13H2,1H3. The quantitative estimate of drug-likeness (QED) is 0.775. The van der Waals surface area contributed by atoms with E-state index in [1.807, 2.05) is 24.3 Å². The molecule has 1 atom stereocenters. The first kappa shape index (κ1) is 14.0. The monoisotopic (exact) mass is 283 g/mol. The molecule has 1 aromatic carbocycles. The average molecular weight is 283 g/mol. The summed E-state index contributed by atoms with van der Waals surface area (Å²) in [6, 6.07) is 6.96. The molecule has 1 heterocycles.